The number of carbonyl (C=O) groups excluding carboxylic acids is 2. The zero-order chi connectivity index (χ0) is 26.6. The summed E-state index contributed by atoms with van der Waals surface area (Å²) >= 11 is 0. The zero-order valence-electron chi connectivity index (χ0n) is 22.6. The molecule has 4 aliphatic rings. The van der Waals surface area contributed by atoms with Crippen molar-refractivity contribution in [3.05, 3.63) is 52.9 Å². The van der Waals surface area contributed by atoms with Gasteiger partial charge in [-0.1, -0.05) is 12.1 Å². The molecule has 1 aromatic carbocycles. The summed E-state index contributed by atoms with van der Waals surface area (Å²) in [6, 6.07) is 8.10. The van der Waals surface area contributed by atoms with E-state index in [0.717, 1.165) is 49.3 Å². The molecule has 1 saturated heterocycles. The van der Waals surface area contributed by atoms with E-state index in [1.165, 1.54) is 51.1 Å². The normalized spacial score (nSPS) is 28.4. The number of nitrogens with one attached hydrogen (secondary N) is 1. The van der Waals surface area contributed by atoms with Crippen molar-refractivity contribution >= 4 is 12.0 Å². The van der Waals surface area contributed by atoms with Gasteiger partial charge in [0.05, 0.1) is 25.4 Å². The van der Waals surface area contributed by atoms with Gasteiger partial charge in [0.1, 0.15) is 11.6 Å². The van der Waals surface area contributed by atoms with Crippen molar-refractivity contribution in [2.75, 3.05) is 20.2 Å². The highest BCUT2D eigenvalue weighted by Gasteiger charge is 2.69. The van der Waals surface area contributed by atoms with Crippen LogP contribution in [-0.2, 0) is 22.5 Å². The van der Waals surface area contributed by atoms with E-state index >= 15 is 0 Å². The van der Waals surface area contributed by atoms with E-state index < -0.39 is 0 Å². The topological polar surface area (TPSA) is 79.7 Å². The third-order valence-corrected chi connectivity index (χ3v) is 9.69. The second-order valence-corrected chi connectivity index (χ2v) is 11.6. The SMILES string of the molecule is COC(=O)N1CCc2c(nc(C)n2C2CC3N(CCC[C@H](NC(C)=O)c4cccc(F)c4)C4CCC43C2)C1. The number of benzene rings is 1. The number of halogens is 1. The Balaban J connectivity index is 1.12. The van der Waals surface area contributed by atoms with Crippen molar-refractivity contribution in [2.45, 2.75) is 89.5 Å². The fourth-order valence-electron chi connectivity index (χ4n) is 8.11. The van der Waals surface area contributed by atoms with E-state index in [0.29, 0.717) is 36.6 Å². The Hall–Kier alpha value is -2.94. The molecule has 2 aromatic rings. The quantitative estimate of drug-likeness (QED) is 0.586. The number of aryl methyl sites for hydroxylation is 1. The second-order valence-electron chi connectivity index (χ2n) is 11.6. The number of aromatic nitrogens is 2. The molecule has 8 nitrogen and oxygen atoms in total. The van der Waals surface area contributed by atoms with Crippen LogP contribution in [0.3, 0.4) is 0 Å². The van der Waals surface area contributed by atoms with Crippen LogP contribution in [-0.4, -0.2) is 63.6 Å². The molecule has 3 heterocycles. The van der Waals surface area contributed by atoms with Gasteiger partial charge in [0.2, 0.25) is 5.91 Å². The van der Waals surface area contributed by atoms with Crippen molar-refractivity contribution in [3.63, 3.8) is 0 Å². The third kappa shape index (κ3) is 4.10. The Morgan fingerprint density at radius 2 is 2.16 bits per heavy atom. The van der Waals surface area contributed by atoms with Gasteiger partial charge in [-0.05, 0) is 69.7 Å². The number of rotatable bonds is 7. The first kappa shape index (κ1) is 25.3. The van der Waals surface area contributed by atoms with Gasteiger partial charge in [-0.3, -0.25) is 9.69 Å². The fraction of sp³-hybridized carbons (Fsp3) is 0.621. The highest BCUT2D eigenvalue weighted by Crippen LogP contribution is 2.67. The highest BCUT2D eigenvalue weighted by atomic mass is 19.1. The highest BCUT2D eigenvalue weighted by molar-refractivity contribution is 5.73. The first-order valence-electron chi connectivity index (χ1n) is 14.0. The first-order chi connectivity index (χ1) is 18.3. The number of likely N-dealkylation sites (tertiary alicyclic amines) is 1. The van der Waals surface area contributed by atoms with Crippen LogP contribution in [0.2, 0.25) is 0 Å². The van der Waals surface area contributed by atoms with Crippen molar-refractivity contribution in [3.8, 4) is 0 Å². The molecule has 0 radical (unpaired) electrons. The Labute approximate surface area is 223 Å². The molecule has 38 heavy (non-hydrogen) atoms. The maximum atomic E-state index is 13.8. The summed E-state index contributed by atoms with van der Waals surface area (Å²) in [5.41, 5.74) is 3.56. The number of ether oxygens (including phenoxy) is 1. The lowest BCUT2D eigenvalue weighted by molar-refractivity contribution is -0.188. The predicted octanol–water partition coefficient (Wildman–Crippen LogP) is 4.28. The van der Waals surface area contributed by atoms with Crippen molar-refractivity contribution in [2.24, 2.45) is 5.41 Å². The second kappa shape index (κ2) is 9.67. The summed E-state index contributed by atoms with van der Waals surface area (Å²) < 4.78 is 21.3. The largest absolute Gasteiger partial charge is 0.453 e. The molecular formula is C29H38FN5O3. The Bertz CT molecular complexity index is 1250. The number of nitrogens with zero attached hydrogens (tertiary/aromatic N) is 4. The lowest BCUT2D eigenvalue weighted by atomic mass is 9.53. The predicted molar refractivity (Wildman–Crippen MR) is 140 cm³/mol. The molecular weight excluding hydrogens is 485 g/mol. The average molecular weight is 524 g/mol. The Morgan fingerprint density at radius 3 is 2.87 bits per heavy atom. The lowest BCUT2D eigenvalue weighted by Crippen LogP contribution is -2.74. The molecule has 2 aliphatic heterocycles. The van der Waals surface area contributed by atoms with E-state index in [2.05, 4.69) is 21.7 Å². The van der Waals surface area contributed by atoms with Crippen LogP contribution >= 0.6 is 0 Å². The summed E-state index contributed by atoms with van der Waals surface area (Å²) in [6.07, 6.45) is 7.19. The van der Waals surface area contributed by atoms with Gasteiger partial charge in [-0.25, -0.2) is 14.2 Å². The number of hydrogen-bond donors (Lipinski definition) is 1. The van der Waals surface area contributed by atoms with Crippen molar-refractivity contribution < 1.29 is 18.7 Å². The van der Waals surface area contributed by atoms with E-state index in [-0.39, 0.29) is 23.9 Å². The zero-order valence-corrected chi connectivity index (χ0v) is 22.6. The minimum Gasteiger partial charge on any atom is -0.453 e. The Morgan fingerprint density at radius 1 is 1.32 bits per heavy atom. The first-order valence-corrected chi connectivity index (χ1v) is 14.0. The molecule has 6 rings (SSSR count). The van der Waals surface area contributed by atoms with E-state index in [9.17, 15) is 14.0 Å². The van der Waals surface area contributed by atoms with Gasteiger partial charge in [-0.2, -0.15) is 0 Å². The fourth-order valence-corrected chi connectivity index (χ4v) is 8.11. The Kier molecular flexibility index (Phi) is 6.45. The summed E-state index contributed by atoms with van der Waals surface area (Å²) in [5, 5.41) is 3.02. The molecule has 2 aliphatic carbocycles. The minimum absolute atomic E-state index is 0.0893. The van der Waals surface area contributed by atoms with Crippen LogP contribution in [0.5, 0.6) is 0 Å². The number of imidazole rings is 1. The van der Waals surface area contributed by atoms with Crippen molar-refractivity contribution in [1.82, 2.24) is 24.7 Å². The summed E-state index contributed by atoms with van der Waals surface area (Å²) in [4.78, 5) is 33.2. The van der Waals surface area contributed by atoms with Gasteiger partial charge < -0.3 is 19.5 Å². The molecule has 5 atom stereocenters. The number of methoxy groups -OCH3 is 1. The molecule has 204 valence electrons. The number of carbonyl (C=O) groups is 2. The number of amides is 2. The summed E-state index contributed by atoms with van der Waals surface area (Å²) in [5.74, 6) is 0.695. The molecule has 2 saturated carbocycles. The lowest BCUT2D eigenvalue weighted by Gasteiger charge is -2.68. The molecule has 2 amide bonds. The van der Waals surface area contributed by atoms with E-state index in [1.807, 2.05) is 6.07 Å². The van der Waals surface area contributed by atoms with Gasteiger partial charge in [-0.15, -0.1) is 0 Å². The number of piperidine rings is 1. The maximum absolute atomic E-state index is 13.8. The van der Waals surface area contributed by atoms with Gasteiger partial charge in [0.15, 0.2) is 0 Å². The molecule has 3 fully saturated rings. The van der Waals surface area contributed by atoms with Crippen LogP contribution in [0.1, 0.15) is 80.3 Å². The van der Waals surface area contributed by atoms with Crippen LogP contribution in [0.15, 0.2) is 24.3 Å². The third-order valence-electron chi connectivity index (χ3n) is 9.69. The number of fused-ring (bicyclic) bond motifs is 1. The molecule has 0 bridgehead atoms. The van der Waals surface area contributed by atoms with Gasteiger partial charge in [0, 0.05) is 49.1 Å². The molecule has 1 aromatic heterocycles. The van der Waals surface area contributed by atoms with Crippen LogP contribution < -0.4 is 5.32 Å². The van der Waals surface area contributed by atoms with Gasteiger partial charge >= 0.3 is 6.09 Å². The molecule has 1 N–H and O–H groups in total. The van der Waals surface area contributed by atoms with E-state index in [1.54, 1.807) is 11.0 Å². The molecule has 4 unspecified atom stereocenters. The summed E-state index contributed by atoms with van der Waals surface area (Å²) in [6.45, 7) is 5.81. The van der Waals surface area contributed by atoms with Gasteiger partial charge in [0.25, 0.3) is 0 Å². The minimum atomic E-state index is -0.285. The monoisotopic (exact) mass is 523 g/mol. The standard InChI is InChI=1S/C29H38FN5O3/c1-18-31-24-17-33(28(37)38-3)13-10-25(24)35(18)22-15-27-29(16-22)11-9-26(29)34(27)12-5-8-23(32-19(2)36)20-6-4-7-21(30)14-20/h4,6-7,14,22-23,26-27H,5,8-13,15-17H2,1-3H3,(H,32,36)/t22?,23-,26?,27?,29?/m0/s1. The number of hydrogen-bond acceptors (Lipinski definition) is 5. The van der Waals surface area contributed by atoms with Crippen LogP contribution in [0.4, 0.5) is 9.18 Å². The molecule has 1 spiro atoms. The average Bonchev–Trinajstić information content (AvgIpc) is 3.42. The van der Waals surface area contributed by atoms with Crippen LogP contribution in [0, 0.1) is 18.2 Å². The van der Waals surface area contributed by atoms with Crippen LogP contribution in [0.25, 0.3) is 0 Å². The summed E-state index contributed by atoms with van der Waals surface area (Å²) in [7, 11) is 1.43. The van der Waals surface area contributed by atoms with E-state index in [4.69, 9.17) is 9.72 Å². The molecule has 9 heteroatoms. The smallest absolute Gasteiger partial charge is 0.409 e. The maximum Gasteiger partial charge on any atom is 0.409 e. The van der Waals surface area contributed by atoms with Crippen molar-refractivity contribution in [1.29, 1.82) is 0 Å².